The summed E-state index contributed by atoms with van der Waals surface area (Å²) >= 11 is 2.01. The number of aromatic nitrogens is 1. The average Bonchev–Trinajstić information content (AvgIpc) is 2.56. The molecule has 5 heteroatoms. The molecule has 0 radical (unpaired) electrons. The summed E-state index contributed by atoms with van der Waals surface area (Å²) in [7, 11) is 0. The molecule has 0 unspecified atom stereocenters. The normalized spacial score (nSPS) is 14.5. The third-order valence-electron chi connectivity index (χ3n) is 3.38. The van der Waals surface area contributed by atoms with Gasteiger partial charge in [0.15, 0.2) is 0 Å². The minimum absolute atomic E-state index is 0.419. The Morgan fingerprint density at radius 1 is 1.10 bits per heavy atom. The molecule has 1 N–H and O–H groups in total. The van der Waals surface area contributed by atoms with Crippen molar-refractivity contribution in [3.05, 3.63) is 48.2 Å². The van der Waals surface area contributed by atoms with E-state index in [1.165, 1.54) is 17.2 Å². The number of benzene rings is 1. The van der Waals surface area contributed by atoms with Crippen molar-refractivity contribution < 1.29 is 0 Å². The predicted molar refractivity (Wildman–Crippen MR) is 88.2 cm³/mol. The second-order valence-corrected chi connectivity index (χ2v) is 6.02. The van der Waals surface area contributed by atoms with Crippen LogP contribution in [0.4, 0.5) is 17.2 Å². The quantitative estimate of drug-likeness (QED) is 0.942. The van der Waals surface area contributed by atoms with Crippen LogP contribution in [0, 0.1) is 11.3 Å². The fourth-order valence-electron chi connectivity index (χ4n) is 2.29. The van der Waals surface area contributed by atoms with Gasteiger partial charge in [0.1, 0.15) is 17.6 Å². The van der Waals surface area contributed by atoms with Crippen molar-refractivity contribution in [1.82, 2.24) is 4.98 Å². The van der Waals surface area contributed by atoms with Crippen molar-refractivity contribution in [1.29, 1.82) is 5.26 Å². The smallest absolute Gasteiger partial charge is 0.142 e. The highest BCUT2D eigenvalue weighted by Gasteiger charge is 2.10. The maximum absolute atomic E-state index is 8.86. The van der Waals surface area contributed by atoms with Gasteiger partial charge >= 0.3 is 0 Å². The standard InChI is InChI=1S/C16H16N4S/c17-12-14-2-1-3-16(19-14)18-13-4-6-15(7-5-13)20-8-10-21-11-9-20/h1-7H,8-11H2,(H,18,19). The number of nitrogens with zero attached hydrogens (tertiary/aromatic N) is 3. The Bertz CT molecular complexity index is 642. The summed E-state index contributed by atoms with van der Waals surface area (Å²) in [5.41, 5.74) is 2.66. The van der Waals surface area contributed by atoms with Gasteiger partial charge in [0.05, 0.1) is 0 Å². The van der Waals surface area contributed by atoms with Gasteiger partial charge in [-0.25, -0.2) is 4.98 Å². The van der Waals surface area contributed by atoms with E-state index in [2.05, 4.69) is 39.5 Å². The van der Waals surface area contributed by atoms with Crippen molar-refractivity contribution >= 4 is 29.0 Å². The van der Waals surface area contributed by atoms with Crippen molar-refractivity contribution in [2.24, 2.45) is 0 Å². The molecule has 2 heterocycles. The van der Waals surface area contributed by atoms with E-state index in [1.807, 2.05) is 30.0 Å². The molecule has 1 aromatic heterocycles. The van der Waals surface area contributed by atoms with Gasteiger partial charge in [0.25, 0.3) is 0 Å². The maximum Gasteiger partial charge on any atom is 0.142 e. The molecule has 3 rings (SSSR count). The lowest BCUT2D eigenvalue weighted by atomic mass is 10.2. The molecule has 0 bridgehead atoms. The van der Waals surface area contributed by atoms with E-state index in [0.29, 0.717) is 11.5 Å². The lowest BCUT2D eigenvalue weighted by Gasteiger charge is -2.28. The molecule has 1 saturated heterocycles. The molecule has 1 aliphatic rings. The minimum Gasteiger partial charge on any atom is -0.370 e. The number of nitrogens with one attached hydrogen (secondary N) is 1. The van der Waals surface area contributed by atoms with Crippen LogP contribution in [0.25, 0.3) is 0 Å². The first-order chi connectivity index (χ1) is 10.3. The SMILES string of the molecule is N#Cc1cccc(Nc2ccc(N3CCSCC3)cc2)n1. The van der Waals surface area contributed by atoms with E-state index in [9.17, 15) is 0 Å². The number of hydrogen-bond acceptors (Lipinski definition) is 5. The van der Waals surface area contributed by atoms with Crippen LogP contribution in [-0.4, -0.2) is 29.6 Å². The van der Waals surface area contributed by atoms with E-state index in [4.69, 9.17) is 5.26 Å². The van der Waals surface area contributed by atoms with Crippen LogP contribution < -0.4 is 10.2 Å². The number of anilines is 3. The molecule has 0 amide bonds. The van der Waals surface area contributed by atoms with Crippen LogP contribution in [0.3, 0.4) is 0 Å². The topological polar surface area (TPSA) is 52.0 Å². The third-order valence-corrected chi connectivity index (χ3v) is 4.32. The minimum atomic E-state index is 0.419. The number of rotatable bonds is 3. The Balaban J connectivity index is 1.70. The average molecular weight is 296 g/mol. The summed E-state index contributed by atoms with van der Waals surface area (Å²) < 4.78 is 0. The van der Waals surface area contributed by atoms with Crippen molar-refractivity contribution in [2.75, 3.05) is 34.8 Å². The summed E-state index contributed by atoms with van der Waals surface area (Å²) in [4.78, 5) is 6.62. The van der Waals surface area contributed by atoms with Crippen LogP contribution in [0.2, 0.25) is 0 Å². The summed E-state index contributed by atoms with van der Waals surface area (Å²) in [5.74, 6) is 3.09. The first kappa shape index (κ1) is 13.8. The molecule has 1 aliphatic heterocycles. The Kier molecular flexibility index (Phi) is 4.27. The fourth-order valence-corrected chi connectivity index (χ4v) is 3.19. The summed E-state index contributed by atoms with van der Waals surface area (Å²) in [6, 6.07) is 15.8. The van der Waals surface area contributed by atoms with E-state index < -0.39 is 0 Å². The van der Waals surface area contributed by atoms with Crippen LogP contribution in [0.15, 0.2) is 42.5 Å². The molecule has 1 aromatic carbocycles. The highest BCUT2D eigenvalue weighted by Crippen LogP contribution is 2.22. The molecule has 21 heavy (non-hydrogen) atoms. The van der Waals surface area contributed by atoms with Crippen LogP contribution >= 0.6 is 11.8 Å². The van der Waals surface area contributed by atoms with E-state index in [-0.39, 0.29) is 0 Å². The van der Waals surface area contributed by atoms with Gasteiger partial charge in [-0.1, -0.05) is 6.07 Å². The first-order valence-electron chi connectivity index (χ1n) is 6.92. The van der Waals surface area contributed by atoms with Crippen molar-refractivity contribution in [3.63, 3.8) is 0 Å². The molecule has 0 spiro atoms. The Hall–Kier alpha value is -2.19. The number of thioether (sulfide) groups is 1. The van der Waals surface area contributed by atoms with Gasteiger partial charge in [-0.15, -0.1) is 0 Å². The molecular weight excluding hydrogens is 280 g/mol. The zero-order chi connectivity index (χ0) is 14.5. The lowest BCUT2D eigenvalue weighted by Crippen LogP contribution is -2.32. The second kappa shape index (κ2) is 6.51. The van der Waals surface area contributed by atoms with Gasteiger partial charge in [-0.3, -0.25) is 0 Å². The van der Waals surface area contributed by atoms with Gasteiger partial charge in [-0.05, 0) is 36.4 Å². The first-order valence-corrected chi connectivity index (χ1v) is 8.07. The van der Waals surface area contributed by atoms with Crippen LogP contribution in [0.5, 0.6) is 0 Å². The number of nitriles is 1. The van der Waals surface area contributed by atoms with Crippen LogP contribution in [-0.2, 0) is 0 Å². The van der Waals surface area contributed by atoms with E-state index in [1.54, 1.807) is 6.07 Å². The highest BCUT2D eigenvalue weighted by molar-refractivity contribution is 7.99. The van der Waals surface area contributed by atoms with Crippen molar-refractivity contribution in [2.45, 2.75) is 0 Å². The highest BCUT2D eigenvalue weighted by atomic mass is 32.2. The lowest BCUT2D eigenvalue weighted by molar-refractivity contribution is 0.859. The Morgan fingerprint density at radius 2 is 1.86 bits per heavy atom. The maximum atomic E-state index is 8.86. The molecule has 1 fully saturated rings. The second-order valence-electron chi connectivity index (χ2n) is 4.79. The zero-order valence-corrected chi connectivity index (χ0v) is 12.4. The van der Waals surface area contributed by atoms with E-state index in [0.717, 1.165) is 18.8 Å². The van der Waals surface area contributed by atoms with Gasteiger partial charge in [0.2, 0.25) is 0 Å². The van der Waals surface area contributed by atoms with Crippen LogP contribution in [0.1, 0.15) is 5.69 Å². The van der Waals surface area contributed by atoms with Gasteiger partial charge < -0.3 is 10.2 Å². The van der Waals surface area contributed by atoms with Crippen molar-refractivity contribution in [3.8, 4) is 6.07 Å². The molecule has 0 atom stereocenters. The summed E-state index contributed by atoms with van der Waals surface area (Å²) in [6.07, 6.45) is 0. The number of pyridine rings is 1. The fraction of sp³-hybridized carbons (Fsp3) is 0.250. The molecule has 4 nitrogen and oxygen atoms in total. The summed E-state index contributed by atoms with van der Waals surface area (Å²) in [6.45, 7) is 2.23. The molecule has 0 aliphatic carbocycles. The van der Waals surface area contributed by atoms with Gasteiger partial charge in [-0.2, -0.15) is 17.0 Å². The van der Waals surface area contributed by atoms with Gasteiger partial charge in [0, 0.05) is 36.0 Å². The molecule has 2 aromatic rings. The largest absolute Gasteiger partial charge is 0.370 e. The monoisotopic (exact) mass is 296 g/mol. The zero-order valence-electron chi connectivity index (χ0n) is 11.6. The number of hydrogen-bond donors (Lipinski definition) is 1. The Morgan fingerprint density at radius 3 is 2.57 bits per heavy atom. The molecular formula is C16H16N4S. The third kappa shape index (κ3) is 3.47. The Labute approximate surface area is 128 Å². The predicted octanol–water partition coefficient (Wildman–Crippen LogP) is 3.25. The molecule has 106 valence electrons. The van der Waals surface area contributed by atoms with E-state index >= 15 is 0 Å². The molecule has 0 saturated carbocycles. The summed E-state index contributed by atoms with van der Waals surface area (Å²) in [5, 5.41) is 12.1.